The Morgan fingerprint density at radius 2 is 1.00 bits per heavy atom. The summed E-state index contributed by atoms with van der Waals surface area (Å²) >= 11 is 0. The van der Waals surface area contributed by atoms with Crippen LogP contribution in [0.5, 0.6) is 0 Å². The van der Waals surface area contributed by atoms with Gasteiger partial charge in [0.05, 0.1) is 0 Å². The minimum atomic E-state index is 1.04. The van der Waals surface area contributed by atoms with Gasteiger partial charge >= 0.3 is 0 Å². The van der Waals surface area contributed by atoms with Crippen molar-refractivity contribution >= 4 is 10.8 Å². The summed E-state index contributed by atoms with van der Waals surface area (Å²) < 4.78 is 0. The van der Waals surface area contributed by atoms with Crippen LogP contribution in [-0.4, -0.2) is 0 Å². The van der Waals surface area contributed by atoms with Crippen molar-refractivity contribution in [1.29, 1.82) is 0 Å². The topological polar surface area (TPSA) is 0 Å². The molecule has 0 heteroatoms. The average Bonchev–Trinajstić information content (AvgIpc) is 2.93. The van der Waals surface area contributed by atoms with Crippen LogP contribution in [0.2, 0.25) is 0 Å². The van der Waals surface area contributed by atoms with Crippen molar-refractivity contribution in [3.63, 3.8) is 0 Å². The van der Waals surface area contributed by atoms with E-state index in [1.165, 1.54) is 27.6 Å². The maximum Gasteiger partial charge on any atom is -0.000719 e. The van der Waals surface area contributed by atoms with E-state index < -0.39 is 0 Å². The molecule has 0 aliphatic rings. The smallest absolute Gasteiger partial charge is 0.000719 e. The summed E-state index contributed by atoms with van der Waals surface area (Å²) in [7, 11) is 0. The van der Waals surface area contributed by atoms with Gasteiger partial charge in [0, 0.05) is 0 Å². The van der Waals surface area contributed by atoms with Crippen LogP contribution in [0, 0.1) is 12.1 Å². The third-order valence-electron chi connectivity index (χ3n) is 6.23. The summed E-state index contributed by atoms with van der Waals surface area (Å²) in [6, 6.07) is 54.2. The summed E-state index contributed by atoms with van der Waals surface area (Å²) in [5, 5.41) is 2.31. The van der Waals surface area contributed by atoms with Crippen LogP contribution in [0.1, 0.15) is 0 Å². The van der Waals surface area contributed by atoms with Crippen molar-refractivity contribution in [2.24, 2.45) is 0 Å². The van der Waals surface area contributed by atoms with Gasteiger partial charge in [0.15, 0.2) is 0 Å². The Labute approximate surface area is 200 Å². The Morgan fingerprint density at radius 1 is 0.412 bits per heavy atom. The average molecular weight is 431 g/mol. The van der Waals surface area contributed by atoms with Gasteiger partial charge in [0.2, 0.25) is 0 Å². The third-order valence-corrected chi connectivity index (χ3v) is 6.23. The zero-order valence-corrected chi connectivity index (χ0v) is 18.7. The lowest BCUT2D eigenvalue weighted by atomic mass is 9.84. The number of hydrogen-bond donors (Lipinski definition) is 0. The molecule has 0 fully saturated rings. The lowest BCUT2D eigenvalue weighted by Gasteiger charge is -2.18. The van der Waals surface area contributed by atoms with Crippen LogP contribution in [-0.2, 0) is 0 Å². The SMILES string of the molecule is [c]1c(-c2[c]c3ccccc3cc2)cc(-c2ccccc2)c(-c2ccccc2)c1-c1ccccc1. The Kier molecular flexibility index (Phi) is 5.26. The monoisotopic (exact) mass is 430 g/mol. The molecule has 6 rings (SSSR count). The first-order valence-electron chi connectivity index (χ1n) is 11.5. The highest BCUT2D eigenvalue weighted by atomic mass is 14.2. The molecule has 6 aromatic rings. The van der Waals surface area contributed by atoms with Crippen LogP contribution in [0.4, 0.5) is 0 Å². The van der Waals surface area contributed by atoms with Gasteiger partial charge in [-0.05, 0) is 73.5 Å². The molecule has 0 unspecified atom stereocenters. The zero-order valence-electron chi connectivity index (χ0n) is 18.7. The van der Waals surface area contributed by atoms with Gasteiger partial charge in [0.25, 0.3) is 0 Å². The standard InChI is InChI=1S/C34H22/c1-4-13-26(14-5-1)32-23-31(30-21-20-25-12-10-11-19-29(25)22-30)24-33(27-15-6-2-7-16-27)34(32)28-17-8-3-9-18-28/h1-21,23H. The molecule has 0 aliphatic heterocycles. The van der Waals surface area contributed by atoms with E-state index in [2.05, 4.69) is 146 Å². The molecule has 34 heavy (non-hydrogen) atoms. The summed E-state index contributed by atoms with van der Waals surface area (Å²) in [5.74, 6) is 0. The van der Waals surface area contributed by atoms with Crippen molar-refractivity contribution in [3.8, 4) is 44.5 Å². The highest BCUT2D eigenvalue weighted by molar-refractivity contribution is 5.98. The van der Waals surface area contributed by atoms with Crippen LogP contribution in [0.3, 0.4) is 0 Å². The Bertz CT molecular complexity index is 1500. The van der Waals surface area contributed by atoms with Crippen molar-refractivity contribution < 1.29 is 0 Å². The molecule has 0 atom stereocenters. The third kappa shape index (κ3) is 3.80. The van der Waals surface area contributed by atoms with Crippen molar-refractivity contribution in [3.05, 3.63) is 146 Å². The first kappa shape index (κ1) is 20.2. The molecular formula is C34H22. The molecule has 0 amide bonds. The second-order valence-corrected chi connectivity index (χ2v) is 8.40. The fourth-order valence-electron chi connectivity index (χ4n) is 4.57. The Balaban J connectivity index is 1.68. The van der Waals surface area contributed by atoms with E-state index in [0.29, 0.717) is 0 Å². The Hall–Kier alpha value is -4.42. The van der Waals surface area contributed by atoms with E-state index in [1.54, 1.807) is 0 Å². The Morgan fingerprint density at radius 3 is 1.71 bits per heavy atom. The van der Waals surface area contributed by atoms with Gasteiger partial charge in [-0.15, -0.1) is 0 Å². The molecule has 0 spiro atoms. The lowest BCUT2D eigenvalue weighted by molar-refractivity contribution is 1.54. The lowest BCUT2D eigenvalue weighted by Crippen LogP contribution is -1.93. The van der Waals surface area contributed by atoms with Crippen LogP contribution in [0.15, 0.2) is 133 Å². The van der Waals surface area contributed by atoms with Crippen LogP contribution in [0.25, 0.3) is 55.3 Å². The van der Waals surface area contributed by atoms with Crippen molar-refractivity contribution in [2.75, 3.05) is 0 Å². The van der Waals surface area contributed by atoms with Gasteiger partial charge in [-0.1, -0.05) is 127 Å². The number of hydrogen-bond acceptors (Lipinski definition) is 0. The highest BCUT2D eigenvalue weighted by Crippen LogP contribution is 2.43. The molecular weight excluding hydrogens is 408 g/mol. The zero-order chi connectivity index (χ0) is 22.7. The molecule has 0 bridgehead atoms. The first-order chi connectivity index (χ1) is 16.9. The molecule has 0 saturated carbocycles. The maximum absolute atomic E-state index is 3.79. The fourth-order valence-corrected chi connectivity index (χ4v) is 4.57. The quantitative estimate of drug-likeness (QED) is 0.262. The normalized spacial score (nSPS) is 10.9. The molecule has 6 aromatic carbocycles. The summed E-state index contributed by atoms with van der Waals surface area (Å²) in [6.07, 6.45) is 0. The van der Waals surface area contributed by atoms with E-state index in [4.69, 9.17) is 0 Å². The largest absolute Gasteiger partial charge is 0.0622 e. The van der Waals surface area contributed by atoms with E-state index in [1.807, 2.05) is 0 Å². The second kappa shape index (κ2) is 8.84. The van der Waals surface area contributed by atoms with Crippen LogP contribution >= 0.6 is 0 Å². The van der Waals surface area contributed by atoms with Crippen molar-refractivity contribution in [1.82, 2.24) is 0 Å². The highest BCUT2D eigenvalue weighted by Gasteiger charge is 2.17. The molecule has 158 valence electrons. The maximum atomic E-state index is 3.79. The predicted molar refractivity (Wildman–Crippen MR) is 143 cm³/mol. The molecule has 0 heterocycles. The van der Waals surface area contributed by atoms with Gasteiger partial charge < -0.3 is 0 Å². The minimum absolute atomic E-state index is 1.04. The molecule has 0 N–H and O–H groups in total. The van der Waals surface area contributed by atoms with Gasteiger partial charge in [-0.3, -0.25) is 0 Å². The van der Waals surface area contributed by atoms with E-state index in [9.17, 15) is 0 Å². The fraction of sp³-hybridized carbons (Fsp3) is 0. The van der Waals surface area contributed by atoms with Gasteiger partial charge in [0.1, 0.15) is 0 Å². The van der Waals surface area contributed by atoms with E-state index >= 15 is 0 Å². The summed E-state index contributed by atoms with van der Waals surface area (Å²) in [4.78, 5) is 0. The molecule has 2 radical (unpaired) electrons. The molecule has 0 aliphatic carbocycles. The number of benzene rings is 6. The molecule has 0 nitrogen and oxygen atoms in total. The van der Waals surface area contributed by atoms with Crippen LogP contribution < -0.4 is 0 Å². The first-order valence-corrected chi connectivity index (χ1v) is 11.5. The predicted octanol–water partition coefficient (Wildman–Crippen LogP) is 9.11. The summed E-state index contributed by atoms with van der Waals surface area (Å²) in [5.41, 5.74) is 9.12. The van der Waals surface area contributed by atoms with Gasteiger partial charge in [-0.2, -0.15) is 0 Å². The minimum Gasteiger partial charge on any atom is -0.0622 e. The summed E-state index contributed by atoms with van der Waals surface area (Å²) in [6.45, 7) is 0. The van der Waals surface area contributed by atoms with Crippen molar-refractivity contribution in [2.45, 2.75) is 0 Å². The molecule has 0 saturated heterocycles. The molecule has 0 aromatic heterocycles. The van der Waals surface area contributed by atoms with E-state index in [-0.39, 0.29) is 0 Å². The number of fused-ring (bicyclic) bond motifs is 1. The second-order valence-electron chi connectivity index (χ2n) is 8.40. The van der Waals surface area contributed by atoms with E-state index in [0.717, 1.165) is 27.6 Å². The number of rotatable bonds is 4. The van der Waals surface area contributed by atoms with Gasteiger partial charge in [-0.25, -0.2) is 0 Å².